The standard InChI is InChI=1S/C13H10BrFN2OS/c1-7-4-8(13(16)19)5-12(17-7)18-11-3-2-9(15)6-10(11)14/h2-6H,1H3,(H2,16,19). The van der Waals surface area contributed by atoms with Crippen LogP contribution in [-0.4, -0.2) is 9.97 Å². The molecule has 2 N–H and O–H groups in total. The van der Waals surface area contributed by atoms with E-state index >= 15 is 0 Å². The summed E-state index contributed by atoms with van der Waals surface area (Å²) in [5.74, 6) is 0.476. The van der Waals surface area contributed by atoms with Crippen LogP contribution in [-0.2, 0) is 0 Å². The second kappa shape index (κ2) is 5.63. The molecule has 0 aliphatic heterocycles. The number of halogens is 2. The van der Waals surface area contributed by atoms with Gasteiger partial charge >= 0.3 is 0 Å². The van der Waals surface area contributed by atoms with Gasteiger partial charge in [0.2, 0.25) is 5.88 Å². The molecule has 1 aromatic heterocycles. The van der Waals surface area contributed by atoms with Crippen molar-refractivity contribution in [3.8, 4) is 11.6 Å². The molecular weight excluding hydrogens is 331 g/mol. The number of aryl methyl sites for hydroxylation is 1. The van der Waals surface area contributed by atoms with E-state index in [0.717, 1.165) is 5.69 Å². The summed E-state index contributed by atoms with van der Waals surface area (Å²) in [5, 5.41) is 0. The van der Waals surface area contributed by atoms with Crippen LogP contribution in [0.3, 0.4) is 0 Å². The fraction of sp³-hybridized carbons (Fsp3) is 0.0769. The minimum atomic E-state index is -0.347. The summed E-state index contributed by atoms with van der Waals surface area (Å²) >= 11 is 8.15. The van der Waals surface area contributed by atoms with Crippen LogP contribution in [0.1, 0.15) is 11.3 Å². The normalized spacial score (nSPS) is 10.3. The Morgan fingerprint density at radius 1 is 1.37 bits per heavy atom. The van der Waals surface area contributed by atoms with E-state index < -0.39 is 0 Å². The van der Waals surface area contributed by atoms with Gasteiger partial charge in [0.25, 0.3) is 0 Å². The van der Waals surface area contributed by atoms with Crippen LogP contribution in [0.15, 0.2) is 34.8 Å². The number of benzene rings is 1. The summed E-state index contributed by atoms with van der Waals surface area (Å²) in [6, 6.07) is 7.56. The molecule has 0 saturated heterocycles. The van der Waals surface area contributed by atoms with E-state index in [1.165, 1.54) is 18.2 Å². The molecule has 0 radical (unpaired) electrons. The predicted molar refractivity (Wildman–Crippen MR) is 79.0 cm³/mol. The predicted octanol–water partition coefficient (Wildman–Crippen LogP) is 3.72. The molecule has 3 nitrogen and oxygen atoms in total. The summed E-state index contributed by atoms with van der Waals surface area (Å²) in [5.41, 5.74) is 7.00. The van der Waals surface area contributed by atoms with E-state index in [2.05, 4.69) is 20.9 Å². The number of ether oxygens (including phenoxy) is 1. The van der Waals surface area contributed by atoms with E-state index in [0.29, 0.717) is 21.7 Å². The maximum absolute atomic E-state index is 13.0. The largest absolute Gasteiger partial charge is 0.438 e. The number of hydrogen-bond donors (Lipinski definition) is 1. The summed E-state index contributed by atoms with van der Waals surface area (Å²) < 4.78 is 19.1. The van der Waals surface area contributed by atoms with Crippen LogP contribution in [0.4, 0.5) is 4.39 Å². The van der Waals surface area contributed by atoms with Crippen molar-refractivity contribution in [3.63, 3.8) is 0 Å². The maximum Gasteiger partial charge on any atom is 0.220 e. The fourth-order valence-corrected chi connectivity index (χ4v) is 2.05. The first-order chi connectivity index (χ1) is 8.95. The maximum atomic E-state index is 13.0. The van der Waals surface area contributed by atoms with Gasteiger partial charge in [-0.2, -0.15) is 0 Å². The van der Waals surface area contributed by atoms with E-state index in [9.17, 15) is 4.39 Å². The van der Waals surface area contributed by atoms with Crippen molar-refractivity contribution >= 4 is 33.1 Å². The molecule has 2 aromatic rings. The molecule has 0 amide bonds. The Morgan fingerprint density at radius 2 is 2.11 bits per heavy atom. The first-order valence-corrected chi connectivity index (χ1v) is 6.57. The summed E-state index contributed by atoms with van der Waals surface area (Å²) in [6.07, 6.45) is 0. The molecule has 0 unspecified atom stereocenters. The Balaban J connectivity index is 2.35. The van der Waals surface area contributed by atoms with Crippen LogP contribution in [0.5, 0.6) is 11.6 Å². The number of nitrogens with two attached hydrogens (primary N) is 1. The lowest BCUT2D eigenvalue weighted by Crippen LogP contribution is -2.10. The van der Waals surface area contributed by atoms with Crippen molar-refractivity contribution in [2.24, 2.45) is 5.73 Å². The monoisotopic (exact) mass is 340 g/mol. The highest BCUT2D eigenvalue weighted by Crippen LogP contribution is 2.29. The molecule has 0 saturated carbocycles. The summed E-state index contributed by atoms with van der Waals surface area (Å²) in [7, 11) is 0. The van der Waals surface area contributed by atoms with Gasteiger partial charge in [-0.1, -0.05) is 12.2 Å². The minimum absolute atomic E-state index is 0.272. The molecule has 0 atom stereocenters. The summed E-state index contributed by atoms with van der Waals surface area (Å²) in [6.45, 7) is 1.81. The molecule has 0 bridgehead atoms. The molecule has 0 aliphatic carbocycles. The van der Waals surface area contributed by atoms with Crippen molar-refractivity contribution < 1.29 is 9.13 Å². The Morgan fingerprint density at radius 3 is 2.74 bits per heavy atom. The molecule has 2 rings (SSSR count). The SMILES string of the molecule is Cc1cc(C(N)=S)cc(Oc2ccc(F)cc2Br)n1. The molecule has 0 fully saturated rings. The summed E-state index contributed by atoms with van der Waals surface area (Å²) in [4.78, 5) is 4.49. The van der Waals surface area contributed by atoms with Crippen molar-refractivity contribution in [2.45, 2.75) is 6.92 Å². The van der Waals surface area contributed by atoms with Crippen LogP contribution >= 0.6 is 28.1 Å². The topological polar surface area (TPSA) is 48.1 Å². The van der Waals surface area contributed by atoms with Crippen molar-refractivity contribution in [1.82, 2.24) is 4.98 Å². The highest BCUT2D eigenvalue weighted by Gasteiger charge is 2.08. The van der Waals surface area contributed by atoms with E-state index in [-0.39, 0.29) is 10.8 Å². The Hall–Kier alpha value is -1.53. The quantitative estimate of drug-likeness (QED) is 0.865. The Labute approximate surface area is 123 Å². The molecule has 1 aromatic carbocycles. The van der Waals surface area contributed by atoms with Crippen LogP contribution in [0.25, 0.3) is 0 Å². The number of pyridine rings is 1. The number of thiocarbonyl (C=S) groups is 1. The molecule has 19 heavy (non-hydrogen) atoms. The van der Waals surface area contributed by atoms with Crippen molar-refractivity contribution in [3.05, 3.63) is 51.9 Å². The second-order valence-electron chi connectivity index (χ2n) is 3.88. The number of aromatic nitrogens is 1. The zero-order valence-electron chi connectivity index (χ0n) is 9.98. The third-order valence-corrected chi connectivity index (χ3v) is 3.18. The lowest BCUT2D eigenvalue weighted by molar-refractivity contribution is 0.457. The second-order valence-corrected chi connectivity index (χ2v) is 5.17. The van der Waals surface area contributed by atoms with Crippen LogP contribution in [0.2, 0.25) is 0 Å². The van der Waals surface area contributed by atoms with Gasteiger partial charge in [-0.15, -0.1) is 0 Å². The van der Waals surface area contributed by atoms with Gasteiger partial charge in [0.05, 0.1) is 4.47 Å². The van der Waals surface area contributed by atoms with Gasteiger partial charge in [-0.3, -0.25) is 0 Å². The molecular formula is C13H10BrFN2OS. The zero-order valence-corrected chi connectivity index (χ0v) is 12.4. The molecule has 1 heterocycles. The lowest BCUT2D eigenvalue weighted by Gasteiger charge is -2.09. The first kappa shape index (κ1) is 13.9. The lowest BCUT2D eigenvalue weighted by atomic mass is 10.2. The van der Waals surface area contributed by atoms with E-state index in [1.54, 1.807) is 12.1 Å². The Bertz CT molecular complexity index is 649. The smallest absolute Gasteiger partial charge is 0.220 e. The minimum Gasteiger partial charge on any atom is -0.438 e. The average Bonchev–Trinajstić information content (AvgIpc) is 2.32. The van der Waals surface area contributed by atoms with Gasteiger partial charge < -0.3 is 10.5 Å². The molecule has 98 valence electrons. The fourth-order valence-electron chi connectivity index (χ4n) is 1.50. The van der Waals surface area contributed by atoms with Gasteiger partial charge in [-0.25, -0.2) is 9.37 Å². The first-order valence-electron chi connectivity index (χ1n) is 5.37. The average molecular weight is 341 g/mol. The van der Waals surface area contributed by atoms with E-state index in [4.69, 9.17) is 22.7 Å². The zero-order chi connectivity index (χ0) is 14.0. The number of hydrogen-bond acceptors (Lipinski definition) is 3. The molecule has 0 aliphatic rings. The number of rotatable bonds is 3. The van der Waals surface area contributed by atoms with Crippen molar-refractivity contribution in [1.29, 1.82) is 0 Å². The van der Waals surface area contributed by atoms with Crippen LogP contribution < -0.4 is 10.5 Å². The van der Waals surface area contributed by atoms with Gasteiger partial charge in [0.15, 0.2) is 0 Å². The molecule has 0 spiro atoms. The third-order valence-electron chi connectivity index (χ3n) is 2.32. The van der Waals surface area contributed by atoms with Gasteiger partial charge in [0, 0.05) is 17.3 Å². The van der Waals surface area contributed by atoms with E-state index in [1.807, 2.05) is 6.92 Å². The number of nitrogens with zero attached hydrogens (tertiary/aromatic N) is 1. The van der Waals surface area contributed by atoms with Gasteiger partial charge in [-0.05, 0) is 47.1 Å². The van der Waals surface area contributed by atoms with Crippen LogP contribution in [0, 0.1) is 12.7 Å². The third kappa shape index (κ3) is 3.48. The van der Waals surface area contributed by atoms with Crippen molar-refractivity contribution in [2.75, 3.05) is 0 Å². The highest BCUT2D eigenvalue weighted by molar-refractivity contribution is 9.10. The molecule has 6 heteroatoms. The highest BCUT2D eigenvalue weighted by atomic mass is 79.9. The Kier molecular flexibility index (Phi) is 4.11. The van der Waals surface area contributed by atoms with Gasteiger partial charge in [0.1, 0.15) is 16.6 Å².